The van der Waals surface area contributed by atoms with E-state index < -0.39 is 30.2 Å². The third-order valence-electron chi connectivity index (χ3n) is 3.55. The van der Waals surface area contributed by atoms with Gasteiger partial charge in [-0.15, -0.1) is 12.4 Å². The van der Waals surface area contributed by atoms with Gasteiger partial charge in [-0.1, -0.05) is 48.5 Å². The Hall–Kier alpha value is -2.05. The summed E-state index contributed by atoms with van der Waals surface area (Å²) in [4.78, 5) is 10.4. The number of carboxylic acids is 1. The standard InChI is InChI=1S/C17H15F3O3.ClH/c18-15-12(9-10-14(21)17(19,20)16(22)23)7-4-8-13(15)11-5-2-1-3-6-11;/h1-8,14,21H,9-10H2,(H,22,23);1H. The predicted molar refractivity (Wildman–Crippen MR) is 86.0 cm³/mol. The van der Waals surface area contributed by atoms with Crippen molar-refractivity contribution in [2.75, 3.05) is 0 Å². The van der Waals surface area contributed by atoms with Gasteiger partial charge < -0.3 is 10.2 Å². The molecule has 0 aromatic heterocycles. The van der Waals surface area contributed by atoms with Gasteiger partial charge in [0.2, 0.25) is 0 Å². The van der Waals surface area contributed by atoms with E-state index in [2.05, 4.69) is 0 Å². The number of aliphatic hydroxyl groups excluding tert-OH is 1. The maximum Gasteiger partial charge on any atom is 0.377 e. The van der Waals surface area contributed by atoms with Gasteiger partial charge in [-0.2, -0.15) is 8.78 Å². The molecule has 0 aliphatic heterocycles. The Morgan fingerprint density at radius 3 is 2.29 bits per heavy atom. The molecule has 7 heteroatoms. The molecule has 2 aromatic rings. The Morgan fingerprint density at radius 1 is 1.08 bits per heavy atom. The van der Waals surface area contributed by atoms with Crippen LogP contribution in [-0.4, -0.2) is 28.2 Å². The van der Waals surface area contributed by atoms with Crippen LogP contribution in [0.25, 0.3) is 11.1 Å². The molecule has 0 aliphatic carbocycles. The Morgan fingerprint density at radius 2 is 1.71 bits per heavy atom. The fraction of sp³-hybridized carbons (Fsp3) is 0.235. The SMILES string of the molecule is Cl.O=C(O)C(F)(F)C(O)CCc1cccc(-c2ccccc2)c1F. The van der Waals surface area contributed by atoms with Crippen molar-refractivity contribution in [2.45, 2.75) is 24.9 Å². The molecule has 1 unspecified atom stereocenters. The molecular weight excluding hydrogens is 345 g/mol. The van der Waals surface area contributed by atoms with Crippen LogP contribution in [0.2, 0.25) is 0 Å². The van der Waals surface area contributed by atoms with Gasteiger partial charge in [0.1, 0.15) is 11.9 Å². The van der Waals surface area contributed by atoms with E-state index in [0.717, 1.165) is 0 Å². The van der Waals surface area contributed by atoms with Crippen LogP contribution in [0.15, 0.2) is 48.5 Å². The Kier molecular flexibility index (Phi) is 6.81. The quantitative estimate of drug-likeness (QED) is 0.820. The van der Waals surface area contributed by atoms with Gasteiger partial charge >= 0.3 is 11.9 Å². The first-order chi connectivity index (χ1) is 10.8. The van der Waals surface area contributed by atoms with Crippen LogP contribution in [0.1, 0.15) is 12.0 Å². The number of aliphatic carboxylic acids is 1. The number of hydrogen-bond donors (Lipinski definition) is 2. The molecule has 0 bridgehead atoms. The number of halogens is 4. The summed E-state index contributed by atoms with van der Waals surface area (Å²) in [6, 6.07) is 13.3. The smallest absolute Gasteiger partial charge is 0.377 e. The number of carbonyl (C=O) groups is 1. The van der Waals surface area contributed by atoms with Crippen LogP contribution in [-0.2, 0) is 11.2 Å². The number of rotatable bonds is 6. The highest BCUT2D eigenvalue weighted by atomic mass is 35.5. The highest BCUT2D eigenvalue weighted by molar-refractivity contribution is 5.85. The van der Waals surface area contributed by atoms with Crippen LogP contribution >= 0.6 is 12.4 Å². The van der Waals surface area contributed by atoms with Gasteiger partial charge in [-0.3, -0.25) is 0 Å². The van der Waals surface area contributed by atoms with E-state index in [9.17, 15) is 23.1 Å². The Balaban J connectivity index is 0.00000288. The number of hydrogen-bond acceptors (Lipinski definition) is 2. The summed E-state index contributed by atoms with van der Waals surface area (Å²) in [7, 11) is 0. The third-order valence-corrected chi connectivity index (χ3v) is 3.55. The molecule has 0 saturated heterocycles. The zero-order valence-electron chi connectivity index (χ0n) is 12.5. The molecule has 0 aliphatic rings. The fourth-order valence-corrected chi connectivity index (χ4v) is 2.23. The zero-order valence-corrected chi connectivity index (χ0v) is 13.3. The average Bonchev–Trinajstić information content (AvgIpc) is 2.54. The minimum absolute atomic E-state index is 0. The van der Waals surface area contributed by atoms with E-state index >= 15 is 0 Å². The van der Waals surface area contributed by atoms with Crippen LogP contribution in [0.3, 0.4) is 0 Å². The summed E-state index contributed by atoms with van der Waals surface area (Å²) < 4.78 is 40.8. The molecule has 0 heterocycles. The Bertz CT molecular complexity index is 693. The molecule has 0 amide bonds. The largest absolute Gasteiger partial charge is 0.477 e. The molecule has 1 atom stereocenters. The van der Waals surface area contributed by atoms with E-state index in [1.165, 1.54) is 6.07 Å². The van der Waals surface area contributed by atoms with Gasteiger partial charge in [0.25, 0.3) is 0 Å². The third kappa shape index (κ3) is 4.27. The topological polar surface area (TPSA) is 57.5 Å². The van der Waals surface area contributed by atoms with E-state index in [0.29, 0.717) is 11.1 Å². The number of carboxylic acid groups (broad SMARTS) is 1. The van der Waals surface area contributed by atoms with Crippen molar-refractivity contribution in [3.63, 3.8) is 0 Å². The van der Waals surface area contributed by atoms with Crippen LogP contribution in [0.5, 0.6) is 0 Å². The summed E-state index contributed by atoms with van der Waals surface area (Å²) in [6.07, 6.45) is -3.13. The van der Waals surface area contributed by atoms with E-state index in [1.807, 2.05) is 0 Å². The van der Waals surface area contributed by atoms with Gasteiger partial charge in [-0.05, 0) is 24.0 Å². The lowest BCUT2D eigenvalue weighted by atomic mass is 9.97. The molecule has 0 fully saturated rings. The molecule has 2 N–H and O–H groups in total. The molecule has 2 aromatic carbocycles. The lowest BCUT2D eigenvalue weighted by molar-refractivity contribution is -0.182. The summed E-state index contributed by atoms with van der Waals surface area (Å²) in [6.45, 7) is 0. The summed E-state index contributed by atoms with van der Waals surface area (Å²) in [5.41, 5.74) is 1.11. The van der Waals surface area contributed by atoms with Gasteiger partial charge in [0.15, 0.2) is 0 Å². The molecule has 130 valence electrons. The molecule has 0 saturated carbocycles. The van der Waals surface area contributed by atoms with Crippen molar-refractivity contribution >= 4 is 18.4 Å². The van der Waals surface area contributed by atoms with Crippen LogP contribution in [0.4, 0.5) is 13.2 Å². The number of alkyl halides is 2. The average molecular weight is 361 g/mol. The Labute approximate surface area is 143 Å². The van der Waals surface area contributed by atoms with Crippen molar-refractivity contribution in [1.29, 1.82) is 0 Å². The molecule has 3 nitrogen and oxygen atoms in total. The first-order valence-corrected chi connectivity index (χ1v) is 6.96. The molecule has 24 heavy (non-hydrogen) atoms. The normalized spacial score (nSPS) is 12.3. The van der Waals surface area contributed by atoms with Crippen molar-refractivity contribution in [3.8, 4) is 11.1 Å². The fourth-order valence-electron chi connectivity index (χ4n) is 2.23. The maximum absolute atomic E-state index is 14.5. The molecule has 0 radical (unpaired) electrons. The molecule has 2 rings (SSSR count). The molecular formula is C17H16ClF3O3. The van der Waals surface area contributed by atoms with Crippen molar-refractivity contribution in [2.24, 2.45) is 0 Å². The highest BCUT2D eigenvalue weighted by Crippen LogP contribution is 2.27. The summed E-state index contributed by atoms with van der Waals surface area (Å²) >= 11 is 0. The first kappa shape index (κ1) is 20.0. The lowest BCUT2D eigenvalue weighted by Crippen LogP contribution is -2.41. The summed E-state index contributed by atoms with van der Waals surface area (Å²) in [5.74, 6) is -7.22. The second-order valence-corrected chi connectivity index (χ2v) is 5.13. The van der Waals surface area contributed by atoms with Gasteiger partial charge in [0, 0.05) is 5.56 Å². The zero-order chi connectivity index (χ0) is 17.0. The second kappa shape index (κ2) is 8.17. The van der Waals surface area contributed by atoms with Crippen molar-refractivity contribution < 1.29 is 28.2 Å². The van der Waals surface area contributed by atoms with Gasteiger partial charge in [-0.25, -0.2) is 9.18 Å². The predicted octanol–water partition coefficient (Wildman–Crippen LogP) is 3.93. The van der Waals surface area contributed by atoms with Gasteiger partial charge in [0.05, 0.1) is 0 Å². The second-order valence-electron chi connectivity index (χ2n) is 5.13. The minimum atomic E-state index is -4.26. The van der Waals surface area contributed by atoms with Crippen LogP contribution in [0, 0.1) is 5.82 Å². The maximum atomic E-state index is 14.5. The lowest BCUT2D eigenvalue weighted by Gasteiger charge is -2.18. The van der Waals surface area contributed by atoms with Crippen molar-refractivity contribution in [3.05, 3.63) is 59.9 Å². The number of aliphatic hydroxyl groups is 1. The van der Waals surface area contributed by atoms with E-state index in [4.69, 9.17) is 5.11 Å². The number of aryl methyl sites for hydroxylation is 1. The number of benzene rings is 2. The highest BCUT2D eigenvalue weighted by Gasteiger charge is 2.46. The van der Waals surface area contributed by atoms with Crippen molar-refractivity contribution in [1.82, 2.24) is 0 Å². The monoisotopic (exact) mass is 360 g/mol. The molecule has 0 spiro atoms. The van der Waals surface area contributed by atoms with Crippen LogP contribution < -0.4 is 0 Å². The van der Waals surface area contributed by atoms with E-state index in [1.54, 1.807) is 42.5 Å². The minimum Gasteiger partial charge on any atom is -0.477 e. The van der Waals surface area contributed by atoms with E-state index in [-0.39, 0.29) is 24.4 Å². The summed E-state index contributed by atoms with van der Waals surface area (Å²) in [5, 5.41) is 17.7. The first-order valence-electron chi connectivity index (χ1n) is 6.96.